The first-order valence-electron chi connectivity index (χ1n) is 7.32. The Hall–Kier alpha value is -2.62. The van der Waals surface area contributed by atoms with Crippen molar-refractivity contribution in [3.8, 4) is 5.75 Å². The molecule has 1 aromatic carbocycles. The summed E-state index contributed by atoms with van der Waals surface area (Å²) in [5.41, 5.74) is -0.201. The summed E-state index contributed by atoms with van der Waals surface area (Å²) in [5, 5.41) is 10.2. The molecule has 0 aliphatic heterocycles. The Morgan fingerprint density at radius 2 is 2.04 bits per heavy atom. The molecule has 0 unspecified atom stereocenters. The third-order valence-electron chi connectivity index (χ3n) is 3.62. The van der Waals surface area contributed by atoms with Crippen LogP contribution in [0, 0.1) is 0 Å². The molecular weight excluding hydrogens is 417 g/mol. The van der Waals surface area contributed by atoms with Crippen molar-refractivity contribution in [3.63, 3.8) is 0 Å². The monoisotopic (exact) mass is 428 g/mol. The molecule has 0 fully saturated rings. The smallest absolute Gasteiger partial charge is 0.417 e. The minimum Gasteiger partial charge on any atom is -0.496 e. The number of hydrogen-bond donors (Lipinski definition) is 1. The van der Waals surface area contributed by atoms with E-state index in [2.05, 4.69) is 31.4 Å². The molecule has 26 heavy (non-hydrogen) atoms. The number of hydrogen-bond acceptors (Lipinski definition) is 4. The van der Waals surface area contributed by atoms with Crippen LogP contribution in [0.4, 0.5) is 13.2 Å². The number of aromatic nitrogens is 3. The van der Waals surface area contributed by atoms with Crippen LogP contribution in [0.25, 0.3) is 5.65 Å². The van der Waals surface area contributed by atoms with Crippen LogP contribution in [0.5, 0.6) is 5.75 Å². The molecule has 6 nitrogen and oxygen atoms in total. The van der Waals surface area contributed by atoms with Gasteiger partial charge in [-0.15, -0.1) is 10.2 Å². The lowest BCUT2D eigenvalue weighted by atomic mass is 10.2. The zero-order chi connectivity index (χ0) is 18.9. The van der Waals surface area contributed by atoms with Crippen molar-refractivity contribution in [3.05, 3.63) is 58.0 Å². The topological polar surface area (TPSA) is 68.5 Å². The molecule has 1 amide bonds. The Labute approximate surface area is 154 Å². The maximum Gasteiger partial charge on any atom is 0.417 e. The van der Waals surface area contributed by atoms with E-state index in [1.807, 2.05) is 0 Å². The summed E-state index contributed by atoms with van der Waals surface area (Å²) in [7, 11) is 1.51. The maximum atomic E-state index is 12.9. The number of nitrogens with one attached hydrogen (secondary N) is 1. The van der Waals surface area contributed by atoms with Gasteiger partial charge in [-0.1, -0.05) is 0 Å². The van der Waals surface area contributed by atoms with Gasteiger partial charge in [-0.25, -0.2) is 0 Å². The van der Waals surface area contributed by atoms with E-state index in [4.69, 9.17) is 4.74 Å². The number of halogens is 4. The highest BCUT2D eigenvalue weighted by Crippen LogP contribution is 2.29. The fourth-order valence-electron chi connectivity index (χ4n) is 2.30. The van der Waals surface area contributed by atoms with E-state index in [1.165, 1.54) is 17.6 Å². The highest BCUT2D eigenvalue weighted by Gasteiger charge is 2.31. The lowest BCUT2D eigenvalue weighted by Gasteiger charge is -2.09. The summed E-state index contributed by atoms with van der Waals surface area (Å²) in [6, 6.07) is 6.94. The zero-order valence-corrected chi connectivity index (χ0v) is 14.9. The number of alkyl halides is 3. The van der Waals surface area contributed by atoms with Crippen molar-refractivity contribution in [1.82, 2.24) is 19.9 Å². The zero-order valence-electron chi connectivity index (χ0n) is 13.3. The molecule has 0 aliphatic carbocycles. The molecule has 10 heteroatoms. The predicted octanol–water partition coefficient (Wildman–Crippen LogP) is 3.45. The van der Waals surface area contributed by atoms with E-state index in [0.717, 1.165) is 12.3 Å². The van der Waals surface area contributed by atoms with E-state index in [-0.39, 0.29) is 18.0 Å². The van der Waals surface area contributed by atoms with Gasteiger partial charge in [-0.2, -0.15) is 13.2 Å². The number of rotatable bonds is 4. The quantitative estimate of drug-likeness (QED) is 0.690. The van der Waals surface area contributed by atoms with Gasteiger partial charge in [-0.3, -0.25) is 9.20 Å². The number of fused-ring (bicyclic) bond motifs is 1. The maximum absolute atomic E-state index is 12.9. The van der Waals surface area contributed by atoms with Crippen LogP contribution < -0.4 is 10.1 Å². The highest BCUT2D eigenvalue weighted by atomic mass is 79.9. The fourth-order valence-corrected chi connectivity index (χ4v) is 2.84. The second kappa shape index (κ2) is 6.94. The highest BCUT2D eigenvalue weighted by molar-refractivity contribution is 9.10. The third kappa shape index (κ3) is 3.64. The first kappa shape index (κ1) is 18.2. The molecule has 2 heterocycles. The number of pyridine rings is 1. The first-order chi connectivity index (χ1) is 12.3. The van der Waals surface area contributed by atoms with Crippen molar-refractivity contribution < 1.29 is 22.7 Å². The minimum absolute atomic E-state index is 0.0784. The van der Waals surface area contributed by atoms with Gasteiger partial charge in [0.05, 0.1) is 23.7 Å². The number of nitrogens with zero attached hydrogens (tertiary/aromatic N) is 3. The summed E-state index contributed by atoms with van der Waals surface area (Å²) < 4.78 is 45.5. The van der Waals surface area contributed by atoms with Gasteiger partial charge in [0.25, 0.3) is 5.91 Å². The predicted molar refractivity (Wildman–Crippen MR) is 89.9 cm³/mol. The fraction of sp³-hybridized carbons (Fsp3) is 0.188. The van der Waals surface area contributed by atoms with Gasteiger partial charge < -0.3 is 10.1 Å². The largest absolute Gasteiger partial charge is 0.496 e. The van der Waals surface area contributed by atoms with Crippen molar-refractivity contribution in [2.24, 2.45) is 0 Å². The molecule has 1 N–H and O–H groups in total. The Kier molecular flexibility index (Phi) is 4.86. The molecule has 136 valence electrons. The van der Waals surface area contributed by atoms with E-state index >= 15 is 0 Å². The van der Waals surface area contributed by atoms with Gasteiger partial charge in [0.15, 0.2) is 11.5 Å². The van der Waals surface area contributed by atoms with E-state index in [1.54, 1.807) is 18.2 Å². The van der Waals surface area contributed by atoms with Crippen molar-refractivity contribution in [1.29, 1.82) is 0 Å². The molecule has 3 rings (SSSR count). The molecule has 0 saturated heterocycles. The average Bonchev–Trinajstić information content (AvgIpc) is 3.01. The van der Waals surface area contributed by atoms with Crippen LogP contribution in [0.3, 0.4) is 0 Å². The number of ether oxygens (including phenoxy) is 1. The van der Waals surface area contributed by atoms with Crippen molar-refractivity contribution in [2.75, 3.05) is 7.11 Å². The van der Waals surface area contributed by atoms with Gasteiger partial charge in [0, 0.05) is 11.8 Å². The Morgan fingerprint density at radius 1 is 1.27 bits per heavy atom. The minimum atomic E-state index is -4.48. The Morgan fingerprint density at radius 3 is 2.69 bits per heavy atom. The number of methoxy groups -OCH3 is 1. The second-order valence-electron chi connectivity index (χ2n) is 5.29. The van der Waals surface area contributed by atoms with E-state index < -0.39 is 17.6 Å². The van der Waals surface area contributed by atoms with E-state index in [0.29, 0.717) is 15.8 Å². The first-order valence-corrected chi connectivity index (χ1v) is 8.11. The summed E-state index contributed by atoms with van der Waals surface area (Å²) >= 11 is 3.29. The molecular formula is C16H12BrF3N4O2. The molecule has 2 aromatic heterocycles. The molecule has 0 aliphatic rings. The van der Waals surface area contributed by atoms with Crippen LogP contribution in [0.1, 0.15) is 21.7 Å². The number of benzene rings is 1. The molecule has 0 atom stereocenters. The summed E-state index contributed by atoms with van der Waals surface area (Å²) in [6.45, 7) is -0.0784. The normalized spacial score (nSPS) is 11.6. The van der Waals surface area contributed by atoms with Gasteiger partial charge in [0.2, 0.25) is 0 Å². The third-order valence-corrected chi connectivity index (χ3v) is 4.24. The average molecular weight is 429 g/mol. The Bertz CT molecular complexity index is 972. The SMILES string of the molecule is COc1ccc(C(=O)NCc2nnc3ccc(C(F)(F)F)cn23)cc1Br. The van der Waals surface area contributed by atoms with Gasteiger partial charge >= 0.3 is 6.18 Å². The van der Waals surface area contributed by atoms with Gasteiger partial charge in [0.1, 0.15) is 5.75 Å². The Balaban J connectivity index is 1.79. The van der Waals surface area contributed by atoms with Gasteiger partial charge in [-0.05, 0) is 46.3 Å². The van der Waals surface area contributed by atoms with Crippen LogP contribution in [0.15, 0.2) is 41.0 Å². The van der Waals surface area contributed by atoms with Crippen molar-refractivity contribution in [2.45, 2.75) is 12.7 Å². The summed E-state index contributed by atoms with van der Waals surface area (Å²) in [4.78, 5) is 12.2. The lowest BCUT2D eigenvalue weighted by Crippen LogP contribution is -2.24. The number of carbonyl (C=O) groups excluding carboxylic acids is 1. The van der Waals surface area contributed by atoms with Crippen LogP contribution in [0.2, 0.25) is 0 Å². The van der Waals surface area contributed by atoms with Crippen LogP contribution in [-0.4, -0.2) is 27.6 Å². The summed E-state index contributed by atoms with van der Waals surface area (Å²) in [5.74, 6) is 0.355. The van der Waals surface area contributed by atoms with E-state index in [9.17, 15) is 18.0 Å². The standard InChI is InChI=1S/C16H12BrF3N4O2/c1-26-12-4-2-9(6-11(12)17)15(25)21-7-14-23-22-13-5-3-10(8-24(13)14)16(18,19)20/h2-6,8H,7H2,1H3,(H,21,25). The molecule has 0 saturated carbocycles. The number of carbonyl (C=O) groups is 1. The molecule has 3 aromatic rings. The van der Waals surface area contributed by atoms with Crippen LogP contribution >= 0.6 is 15.9 Å². The summed E-state index contributed by atoms with van der Waals surface area (Å²) in [6.07, 6.45) is -3.57. The molecule has 0 radical (unpaired) electrons. The number of amides is 1. The van der Waals surface area contributed by atoms with Crippen LogP contribution in [-0.2, 0) is 12.7 Å². The molecule has 0 spiro atoms. The van der Waals surface area contributed by atoms with Crippen molar-refractivity contribution >= 4 is 27.5 Å². The second-order valence-corrected chi connectivity index (χ2v) is 6.15. The lowest BCUT2D eigenvalue weighted by molar-refractivity contribution is -0.137. The molecule has 0 bridgehead atoms.